The maximum atomic E-state index is 11.6. The van der Waals surface area contributed by atoms with Crippen LogP contribution in [-0.4, -0.2) is 36.6 Å². The molecular formula is C20H27N3O3. The van der Waals surface area contributed by atoms with Crippen LogP contribution in [0.25, 0.3) is 10.4 Å². The average Bonchev–Trinajstić information content (AvgIpc) is 2.60. The van der Waals surface area contributed by atoms with Gasteiger partial charge in [-0.3, -0.25) is 0 Å². The van der Waals surface area contributed by atoms with Gasteiger partial charge in [0.05, 0.1) is 30.5 Å². The molecule has 4 aliphatic rings. The molecule has 4 aliphatic carbocycles. The van der Waals surface area contributed by atoms with Crippen LogP contribution in [0, 0.1) is 17.8 Å². The molecule has 4 saturated carbocycles. The van der Waals surface area contributed by atoms with Gasteiger partial charge in [-0.15, -0.1) is 0 Å². The van der Waals surface area contributed by atoms with E-state index in [1.807, 2.05) is 30.3 Å². The fourth-order valence-electron chi connectivity index (χ4n) is 6.19. The molecule has 6 nitrogen and oxygen atoms in total. The zero-order valence-corrected chi connectivity index (χ0v) is 15.3. The summed E-state index contributed by atoms with van der Waals surface area (Å²) in [4.78, 5) is 3.12. The lowest BCUT2D eigenvalue weighted by molar-refractivity contribution is -0.253. The van der Waals surface area contributed by atoms with Gasteiger partial charge in [0.2, 0.25) is 0 Å². The van der Waals surface area contributed by atoms with Gasteiger partial charge in [0.25, 0.3) is 0 Å². The van der Waals surface area contributed by atoms with Gasteiger partial charge in [-0.1, -0.05) is 35.4 Å². The van der Waals surface area contributed by atoms with Crippen molar-refractivity contribution in [1.82, 2.24) is 0 Å². The summed E-state index contributed by atoms with van der Waals surface area (Å²) in [6.45, 7) is 1.14. The van der Waals surface area contributed by atoms with Gasteiger partial charge in [0, 0.05) is 24.4 Å². The van der Waals surface area contributed by atoms with E-state index in [9.17, 15) is 5.11 Å². The van der Waals surface area contributed by atoms with Crippen LogP contribution in [0.4, 0.5) is 0 Å². The third-order valence-electron chi connectivity index (χ3n) is 6.68. The summed E-state index contributed by atoms with van der Waals surface area (Å²) in [6, 6.07) is 9.56. The normalized spacial score (nSPS) is 38.8. The van der Waals surface area contributed by atoms with Crippen molar-refractivity contribution in [3.8, 4) is 0 Å². The van der Waals surface area contributed by atoms with Crippen LogP contribution in [0.2, 0.25) is 0 Å². The molecule has 0 radical (unpaired) electrons. The molecule has 140 valence electrons. The molecule has 26 heavy (non-hydrogen) atoms. The lowest BCUT2D eigenvalue weighted by Crippen LogP contribution is -2.65. The molecule has 1 aromatic rings. The van der Waals surface area contributed by atoms with E-state index >= 15 is 0 Å². The quantitative estimate of drug-likeness (QED) is 0.346. The summed E-state index contributed by atoms with van der Waals surface area (Å²) in [6.07, 6.45) is 4.47. The second-order valence-electron chi connectivity index (χ2n) is 8.37. The number of methoxy groups -OCH3 is 1. The Labute approximate surface area is 154 Å². The topological polar surface area (TPSA) is 87.5 Å². The lowest BCUT2D eigenvalue weighted by atomic mass is 9.46. The molecule has 4 fully saturated rings. The van der Waals surface area contributed by atoms with Crippen molar-refractivity contribution in [1.29, 1.82) is 0 Å². The van der Waals surface area contributed by atoms with Crippen molar-refractivity contribution in [2.24, 2.45) is 22.9 Å². The van der Waals surface area contributed by atoms with Gasteiger partial charge in [-0.05, 0) is 48.6 Å². The van der Waals surface area contributed by atoms with Gasteiger partial charge in [0.15, 0.2) is 0 Å². The van der Waals surface area contributed by atoms with Gasteiger partial charge in [-0.25, -0.2) is 0 Å². The Morgan fingerprint density at radius 3 is 2.77 bits per heavy atom. The molecule has 6 heteroatoms. The highest BCUT2D eigenvalue weighted by molar-refractivity contribution is 5.25. The van der Waals surface area contributed by atoms with E-state index in [1.165, 1.54) is 0 Å². The number of azide groups is 1. The van der Waals surface area contributed by atoms with E-state index < -0.39 is 5.60 Å². The zero-order chi connectivity index (χ0) is 18.2. The number of ether oxygens (including phenoxy) is 2. The minimum absolute atomic E-state index is 0.0449. The molecular weight excluding hydrogens is 330 g/mol. The molecule has 0 aromatic heterocycles. The fraction of sp³-hybridized carbons (Fsp3) is 0.700. The van der Waals surface area contributed by atoms with Gasteiger partial charge in [0.1, 0.15) is 0 Å². The molecule has 5 rings (SSSR count). The molecule has 1 aromatic carbocycles. The summed E-state index contributed by atoms with van der Waals surface area (Å²) >= 11 is 0. The van der Waals surface area contributed by atoms with E-state index in [-0.39, 0.29) is 17.6 Å². The summed E-state index contributed by atoms with van der Waals surface area (Å²) in [5.74, 6) is 0.768. The van der Waals surface area contributed by atoms with Crippen molar-refractivity contribution < 1.29 is 14.6 Å². The monoisotopic (exact) mass is 357 g/mol. The van der Waals surface area contributed by atoms with Gasteiger partial charge >= 0.3 is 0 Å². The maximum Gasteiger partial charge on any atom is 0.0716 e. The Morgan fingerprint density at radius 2 is 2.08 bits per heavy atom. The third kappa shape index (κ3) is 3.01. The number of nitrogens with zero attached hydrogens (tertiary/aromatic N) is 3. The van der Waals surface area contributed by atoms with Crippen LogP contribution in [0.15, 0.2) is 35.4 Å². The number of hydrogen-bond acceptors (Lipinski definition) is 4. The molecule has 0 spiro atoms. The molecule has 0 heterocycles. The Morgan fingerprint density at radius 1 is 1.27 bits per heavy atom. The first-order chi connectivity index (χ1) is 12.6. The van der Waals surface area contributed by atoms with E-state index in [2.05, 4.69) is 10.0 Å². The van der Waals surface area contributed by atoms with E-state index in [1.54, 1.807) is 7.11 Å². The molecule has 0 saturated heterocycles. The highest BCUT2D eigenvalue weighted by atomic mass is 16.5. The van der Waals surface area contributed by atoms with E-state index in [4.69, 9.17) is 15.0 Å². The average molecular weight is 357 g/mol. The number of benzene rings is 1. The van der Waals surface area contributed by atoms with Crippen LogP contribution in [0.1, 0.15) is 43.7 Å². The van der Waals surface area contributed by atoms with Crippen molar-refractivity contribution in [2.75, 3.05) is 20.3 Å². The van der Waals surface area contributed by atoms with Crippen molar-refractivity contribution in [3.63, 3.8) is 0 Å². The second-order valence-corrected chi connectivity index (χ2v) is 8.37. The Hall–Kier alpha value is -1.59. The Kier molecular flexibility index (Phi) is 4.70. The van der Waals surface area contributed by atoms with Crippen molar-refractivity contribution >= 4 is 0 Å². The van der Waals surface area contributed by atoms with E-state index in [0.29, 0.717) is 31.5 Å². The largest absolute Gasteiger partial charge is 0.389 e. The Balaban J connectivity index is 1.64. The number of aliphatic hydroxyl groups is 1. The first-order valence-electron chi connectivity index (χ1n) is 9.54. The number of rotatable bonds is 7. The van der Waals surface area contributed by atoms with Crippen LogP contribution in [-0.2, 0) is 9.47 Å². The molecule has 6 atom stereocenters. The Bertz CT molecular complexity index is 693. The summed E-state index contributed by atoms with van der Waals surface area (Å²) in [5.41, 5.74) is 9.09. The van der Waals surface area contributed by atoms with Crippen molar-refractivity contribution in [2.45, 2.75) is 49.3 Å². The molecule has 0 aliphatic heterocycles. The van der Waals surface area contributed by atoms with Gasteiger partial charge < -0.3 is 14.6 Å². The van der Waals surface area contributed by atoms with Crippen LogP contribution >= 0.6 is 0 Å². The first kappa shape index (κ1) is 17.8. The SMILES string of the molecule is COCCO[C@@]12C[C@H]3C[C@@H](C1)[C@H]([C@@H](N=[N+]=[N-])c1ccccc1)[C@](O)(C3)C2. The van der Waals surface area contributed by atoms with Gasteiger partial charge in [-0.2, -0.15) is 0 Å². The first-order valence-corrected chi connectivity index (χ1v) is 9.54. The summed E-state index contributed by atoms with van der Waals surface area (Å²) in [7, 11) is 1.68. The van der Waals surface area contributed by atoms with Crippen LogP contribution < -0.4 is 0 Å². The molecule has 0 amide bonds. The highest BCUT2D eigenvalue weighted by Crippen LogP contribution is 2.64. The van der Waals surface area contributed by atoms with E-state index in [0.717, 1.165) is 31.2 Å². The minimum atomic E-state index is -0.828. The highest BCUT2D eigenvalue weighted by Gasteiger charge is 2.64. The second kappa shape index (κ2) is 6.86. The summed E-state index contributed by atoms with van der Waals surface area (Å²) in [5, 5.41) is 15.8. The zero-order valence-electron chi connectivity index (χ0n) is 15.3. The predicted molar refractivity (Wildman–Crippen MR) is 97.4 cm³/mol. The molecule has 4 bridgehead atoms. The number of hydrogen-bond donors (Lipinski definition) is 1. The van der Waals surface area contributed by atoms with Crippen LogP contribution in [0.5, 0.6) is 0 Å². The lowest BCUT2D eigenvalue weighted by Gasteiger charge is -2.64. The molecule has 1 N–H and O–H groups in total. The van der Waals surface area contributed by atoms with Crippen LogP contribution in [0.3, 0.4) is 0 Å². The smallest absolute Gasteiger partial charge is 0.0716 e. The minimum Gasteiger partial charge on any atom is -0.389 e. The summed E-state index contributed by atoms with van der Waals surface area (Å²) < 4.78 is 11.4. The fourth-order valence-corrected chi connectivity index (χ4v) is 6.19. The maximum absolute atomic E-state index is 11.6. The van der Waals surface area contributed by atoms with Crippen molar-refractivity contribution in [3.05, 3.63) is 46.3 Å². The predicted octanol–water partition coefficient (Wildman–Crippen LogP) is 4.01. The standard InChI is InChI=1S/C20H27N3O3/c1-25-7-8-26-19-10-14-9-16(12-19)17(20(24,11-14)13-19)18(22-23-21)15-5-3-2-4-6-15/h2-6,14,16-18,24H,7-13H2,1H3/t14-,16+,17-,18+,19+,20+/m1/s1. The molecule has 0 unspecified atom stereocenters. The third-order valence-corrected chi connectivity index (χ3v) is 6.68.